The van der Waals surface area contributed by atoms with Crippen LogP contribution in [0.5, 0.6) is 0 Å². The minimum Gasteiger partial charge on any atom is -0.221 e. The van der Waals surface area contributed by atoms with E-state index in [-0.39, 0.29) is 17.5 Å². The molecule has 0 atom stereocenters. The lowest BCUT2D eigenvalue weighted by Crippen LogP contribution is -2.26. The Morgan fingerprint density at radius 1 is 1.33 bits per heavy atom. The zero-order chi connectivity index (χ0) is 17.5. The smallest absolute Gasteiger partial charge is 0.221 e. The predicted octanol–water partition coefficient (Wildman–Crippen LogP) is 3.35. The van der Waals surface area contributed by atoms with E-state index >= 15 is 0 Å². The summed E-state index contributed by atoms with van der Waals surface area (Å²) in [6, 6.07) is 7.13. The maximum absolute atomic E-state index is 12.9. The minimum atomic E-state index is -3.78. The zero-order valence-corrected chi connectivity index (χ0v) is 15.8. The molecule has 1 N–H and O–H groups in total. The molecule has 0 bridgehead atoms. The summed E-state index contributed by atoms with van der Waals surface area (Å²) in [4.78, 5) is 5.02. The molecule has 0 aliphatic heterocycles. The van der Waals surface area contributed by atoms with Crippen LogP contribution in [0.1, 0.15) is 36.0 Å². The number of benzene rings is 1. The third-order valence-electron chi connectivity index (χ3n) is 3.50. The van der Waals surface area contributed by atoms with Crippen LogP contribution in [0.3, 0.4) is 0 Å². The van der Waals surface area contributed by atoms with Crippen LogP contribution in [0.4, 0.5) is 0 Å². The van der Waals surface area contributed by atoms with Crippen molar-refractivity contribution in [1.82, 2.24) is 19.3 Å². The molecule has 0 saturated carbocycles. The summed E-state index contributed by atoms with van der Waals surface area (Å²) in [6.07, 6.45) is 0. The van der Waals surface area contributed by atoms with Gasteiger partial charge >= 0.3 is 0 Å². The van der Waals surface area contributed by atoms with Crippen LogP contribution in [0.15, 0.2) is 29.3 Å². The topological polar surface area (TPSA) is 76.4 Å². The number of sulfonamides is 1. The molecule has 24 heavy (non-hydrogen) atoms. The van der Waals surface area contributed by atoms with Crippen LogP contribution >= 0.6 is 22.9 Å². The molecule has 3 aromatic rings. The van der Waals surface area contributed by atoms with Crippen LogP contribution in [-0.2, 0) is 16.6 Å². The van der Waals surface area contributed by atoms with Crippen molar-refractivity contribution >= 4 is 37.9 Å². The fourth-order valence-electron chi connectivity index (χ4n) is 2.35. The molecule has 0 amide bonds. The first-order chi connectivity index (χ1) is 11.3. The van der Waals surface area contributed by atoms with Gasteiger partial charge in [0.15, 0.2) is 5.03 Å². The number of imidazole rings is 1. The van der Waals surface area contributed by atoms with Gasteiger partial charge in [0, 0.05) is 11.6 Å². The fraction of sp³-hybridized carbons (Fsp3) is 0.333. The van der Waals surface area contributed by atoms with Crippen LogP contribution < -0.4 is 4.72 Å². The van der Waals surface area contributed by atoms with Gasteiger partial charge in [-0.25, -0.2) is 18.1 Å². The summed E-state index contributed by atoms with van der Waals surface area (Å²) in [5.41, 5.74) is 1.23. The molecular weight excluding hydrogens is 368 g/mol. The van der Waals surface area contributed by atoms with E-state index in [2.05, 4.69) is 14.8 Å². The van der Waals surface area contributed by atoms with Crippen LogP contribution in [0, 0.1) is 6.92 Å². The van der Waals surface area contributed by atoms with E-state index in [0.717, 1.165) is 5.01 Å². The zero-order valence-electron chi connectivity index (χ0n) is 13.4. The maximum Gasteiger partial charge on any atom is 0.260 e. The van der Waals surface area contributed by atoms with Gasteiger partial charge in [0.25, 0.3) is 10.0 Å². The normalized spacial score (nSPS) is 12.4. The predicted molar refractivity (Wildman–Crippen MR) is 95.2 cm³/mol. The van der Waals surface area contributed by atoms with E-state index in [1.807, 2.05) is 26.8 Å². The lowest BCUT2D eigenvalue weighted by Gasteiger charge is -2.10. The van der Waals surface area contributed by atoms with Gasteiger partial charge in [-0.05, 0) is 24.5 Å². The second kappa shape index (κ2) is 6.44. The lowest BCUT2D eigenvalue weighted by atomic mass is 10.2. The highest BCUT2D eigenvalue weighted by Crippen LogP contribution is 2.27. The molecule has 128 valence electrons. The summed E-state index contributed by atoms with van der Waals surface area (Å²) in [5.74, 6) is -0.0360. The standard InChI is InChI=1S/C15H17ClN4O2S2/c1-9(2)13-14(20-15(18-13)23-10(3)19-20)24(21,22)17-8-11-6-4-5-7-12(11)16/h4-7,9,17H,8H2,1-3H3. The maximum atomic E-state index is 12.9. The average molecular weight is 385 g/mol. The van der Waals surface area contributed by atoms with E-state index in [9.17, 15) is 8.42 Å². The highest BCUT2D eigenvalue weighted by Gasteiger charge is 2.28. The quantitative estimate of drug-likeness (QED) is 0.731. The monoisotopic (exact) mass is 384 g/mol. The van der Waals surface area contributed by atoms with Crippen LogP contribution in [-0.4, -0.2) is 23.0 Å². The van der Waals surface area contributed by atoms with Gasteiger partial charge in [-0.3, -0.25) is 0 Å². The van der Waals surface area contributed by atoms with Gasteiger partial charge in [-0.2, -0.15) is 9.61 Å². The molecule has 0 radical (unpaired) electrons. The second-order valence-electron chi connectivity index (χ2n) is 5.69. The van der Waals surface area contributed by atoms with Gasteiger partial charge in [0.05, 0.1) is 5.69 Å². The second-order valence-corrected chi connectivity index (χ2v) is 8.94. The van der Waals surface area contributed by atoms with Gasteiger partial charge in [0.2, 0.25) is 4.96 Å². The van der Waals surface area contributed by atoms with Crippen molar-refractivity contribution in [3.05, 3.63) is 45.6 Å². The first kappa shape index (κ1) is 17.3. The number of aromatic nitrogens is 3. The van der Waals surface area contributed by atoms with Crippen LogP contribution in [0.2, 0.25) is 5.02 Å². The largest absolute Gasteiger partial charge is 0.260 e. The molecule has 0 spiro atoms. The van der Waals surface area contributed by atoms with Gasteiger partial charge in [-0.15, -0.1) is 0 Å². The Bertz CT molecular complexity index is 992. The van der Waals surface area contributed by atoms with Gasteiger partial charge in [0.1, 0.15) is 5.01 Å². The molecule has 0 fully saturated rings. The molecule has 1 aromatic carbocycles. The average Bonchev–Trinajstić information content (AvgIpc) is 3.02. The molecule has 6 nitrogen and oxygen atoms in total. The van der Waals surface area contributed by atoms with Crippen molar-refractivity contribution in [2.45, 2.75) is 38.3 Å². The van der Waals surface area contributed by atoms with Crippen molar-refractivity contribution in [1.29, 1.82) is 0 Å². The van der Waals surface area contributed by atoms with E-state index in [4.69, 9.17) is 11.6 Å². The van der Waals surface area contributed by atoms with Gasteiger partial charge < -0.3 is 0 Å². The summed E-state index contributed by atoms with van der Waals surface area (Å²) in [5, 5.41) is 5.66. The molecule has 0 aliphatic rings. The molecule has 3 rings (SSSR count). The molecular formula is C15H17ClN4O2S2. The summed E-state index contributed by atoms with van der Waals surface area (Å²) >= 11 is 7.46. The molecule has 0 saturated heterocycles. The van der Waals surface area contributed by atoms with Crippen molar-refractivity contribution in [3.63, 3.8) is 0 Å². The SMILES string of the molecule is Cc1nn2c(S(=O)(=O)NCc3ccccc3Cl)c(C(C)C)nc2s1. The highest BCUT2D eigenvalue weighted by molar-refractivity contribution is 7.89. The Morgan fingerprint density at radius 2 is 2.04 bits per heavy atom. The van der Waals surface area contributed by atoms with Crippen molar-refractivity contribution in [2.75, 3.05) is 0 Å². The highest BCUT2D eigenvalue weighted by atomic mass is 35.5. The van der Waals surface area contributed by atoms with Crippen molar-refractivity contribution in [2.24, 2.45) is 0 Å². The van der Waals surface area contributed by atoms with E-state index in [1.165, 1.54) is 15.9 Å². The Hall–Kier alpha value is -1.48. The molecule has 0 aliphatic carbocycles. The van der Waals surface area contributed by atoms with Crippen LogP contribution in [0.25, 0.3) is 4.96 Å². The Labute approximate surface area is 149 Å². The summed E-state index contributed by atoms with van der Waals surface area (Å²) in [7, 11) is -3.78. The summed E-state index contributed by atoms with van der Waals surface area (Å²) in [6.45, 7) is 5.75. The number of hydrogen-bond acceptors (Lipinski definition) is 5. The molecule has 9 heteroatoms. The third kappa shape index (κ3) is 3.19. The van der Waals surface area contributed by atoms with E-state index in [1.54, 1.807) is 18.2 Å². The minimum absolute atomic E-state index is 0.0360. The Kier molecular flexibility index (Phi) is 4.65. The number of hydrogen-bond donors (Lipinski definition) is 1. The van der Waals surface area contributed by atoms with Crippen molar-refractivity contribution in [3.8, 4) is 0 Å². The number of nitrogens with zero attached hydrogens (tertiary/aromatic N) is 3. The first-order valence-electron chi connectivity index (χ1n) is 7.38. The van der Waals surface area contributed by atoms with Crippen molar-refractivity contribution < 1.29 is 8.42 Å². The fourth-order valence-corrected chi connectivity index (χ4v) is 4.76. The van der Waals surface area contributed by atoms with E-state index < -0.39 is 10.0 Å². The Balaban J connectivity index is 2.01. The Morgan fingerprint density at radius 3 is 2.71 bits per heavy atom. The molecule has 0 unspecified atom stereocenters. The van der Waals surface area contributed by atoms with E-state index in [0.29, 0.717) is 21.2 Å². The first-order valence-corrected chi connectivity index (χ1v) is 10.1. The summed E-state index contributed by atoms with van der Waals surface area (Å²) < 4.78 is 29.8. The number of aryl methyl sites for hydroxylation is 1. The number of fused-ring (bicyclic) bond motifs is 1. The third-order valence-corrected chi connectivity index (χ3v) is 6.11. The number of halogens is 1. The number of rotatable bonds is 5. The molecule has 2 aromatic heterocycles. The number of nitrogens with one attached hydrogen (secondary N) is 1. The lowest BCUT2D eigenvalue weighted by molar-refractivity contribution is 0.569. The van der Waals surface area contributed by atoms with Gasteiger partial charge in [-0.1, -0.05) is 55.0 Å². The molecule has 2 heterocycles.